The Balaban J connectivity index is 1.59. The van der Waals surface area contributed by atoms with Crippen molar-refractivity contribution in [2.45, 2.75) is 45.8 Å². The molecule has 0 aromatic carbocycles. The number of carbonyl (C=O) groups is 1. The van der Waals surface area contributed by atoms with Gasteiger partial charge in [0.15, 0.2) is 0 Å². The summed E-state index contributed by atoms with van der Waals surface area (Å²) in [4.78, 5) is 37.7. The fourth-order valence-electron chi connectivity index (χ4n) is 3.21. The van der Waals surface area contributed by atoms with Crippen molar-refractivity contribution in [3.05, 3.63) is 57.5 Å². The Hall–Kier alpha value is -2.54. The van der Waals surface area contributed by atoms with Gasteiger partial charge < -0.3 is 14.6 Å². The van der Waals surface area contributed by atoms with Crippen LogP contribution < -0.4 is 5.56 Å². The predicted molar refractivity (Wildman–Crippen MR) is 96.7 cm³/mol. The fraction of sp³-hybridized carbons (Fsp3) is 0.474. The molecular formula is C19H24N4O3. The number of ether oxygens (including phenoxy) is 1. The molecule has 3 rings (SSSR count). The zero-order chi connectivity index (χ0) is 18.5. The van der Waals surface area contributed by atoms with Crippen LogP contribution in [0.25, 0.3) is 0 Å². The third-order valence-electron chi connectivity index (χ3n) is 4.59. The molecule has 7 nitrogen and oxygen atoms in total. The van der Waals surface area contributed by atoms with E-state index < -0.39 is 0 Å². The number of aryl methyl sites for hydroxylation is 2. The SMILES string of the molecule is Cc1nc(C)c(CC(=O)N2CCC[C@H](OCc3ccccn3)C2)c(=O)[nH]1. The third-order valence-corrected chi connectivity index (χ3v) is 4.59. The molecule has 26 heavy (non-hydrogen) atoms. The summed E-state index contributed by atoms with van der Waals surface area (Å²) in [5.74, 6) is 0.500. The largest absolute Gasteiger partial charge is 0.370 e. The van der Waals surface area contributed by atoms with Crippen molar-refractivity contribution in [1.82, 2.24) is 19.9 Å². The number of aromatic amines is 1. The molecule has 2 aromatic heterocycles. The highest BCUT2D eigenvalue weighted by molar-refractivity contribution is 5.79. The predicted octanol–water partition coefficient (Wildman–Crippen LogP) is 1.53. The van der Waals surface area contributed by atoms with Crippen LogP contribution in [-0.2, 0) is 22.6 Å². The van der Waals surface area contributed by atoms with Crippen LogP contribution >= 0.6 is 0 Å². The maximum atomic E-state index is 12.7. The molecule has 1 aliphatic rings. The highest BCUT2D eigenvalue weighted by Gasteiger charge is 2.25. The Morgan fingerprint density at radius 1 is 1.38 bits per heavy atom. The average Bonchev–Trinajstić information content (AvgIpc) is 2.64. The Bertz CT molecular complexity index is 819. The van der Waals surface area contributed by atoms with Gasteiger partial charge in [0.05, 0.1) is 24.8 Å². The number of carbonyl (C=O) groups excluding carboxylic acids is 1. The summed E-state index contributed by atoms with van der Waals surface area (Å²) in [6, 6.07) is 5.72. The van der Waals surface area contributed by atoms with Crippen molar-refractivity contribution in [3.63, 3.8) is 0 Å². The molecule has 0 spiro atoms. The number of hydrogen-bond acceptors (Lipinski definition) is 5. The minimum absolute atomic E-state index is 0.00905. The summed E-state index contributed by atoms with van der Waals surface area (Å²) in [5.41, 5.74) is 1.70. The van der Waals surface area contributed by atoms with Gasteiger partial charge in [0, 0.05) is 30.5 Å². The number of aromatic nitrogens is 3. The third kappa shape index (κ3) is 4.54. The molecule has 2 aromatic rings. The van der Waals surface area contributed by atoms with Gasteiger partial charge in [-0.2, -0.15) is 0 Å². The van der Waals surface area contributed by atoms with E-state index in [4.69, 9.17) is 4.74 Å². The van der Waals surface area contributed by atoms with E-state index in [2.05, 4.69) is 15.0 Å². The van der Waals surface area contributed by atoms with Crippen molar-refractivity contribution >= 4 is 5.91 Å². The van der Waals surface area contributed by atoms with Crippen LogP contribution in [0.3, 0.4) is 0 Å². The summed E-state index contributed by atoms with van der Waals surface area (Å²) in [6.45, 7) is 5.17. The minimum atomic E-state index is -0.233. The Morgan fingerprint density at radius 3 is 2.96 bits per heavy atom. The number of piperidine rings is 1. The zero-order valence-electron chi connectivity index (χ0n) is 15.2. The number of H-pyrrole nitrogens is 1. The molecule has 3 heterocycles. The van der Waals surface area contributed by atoms with Crippen LogP contribution in [0.5, 0.6) is 0 Å². The first kappa shape index (κ1) is 18.3. The molecule has 1 aliphatic heterocycles. The quantitative estimate of drug-likeness (QED) is 0.878. The molecule has 1 amide bonds. The lowest BCUT2D eigenvalue weighted by Crippen LogP contribution is -2.44. The summed E-state index contributed by atoms with van der Waals surface area (Å²) in [5, 5.41) is 0. The molecule has 7 heteroatoms. The number of hydrogen-bond donors (Lipinski definition) is 1. The lowest BCUT2D eigenvalue weighted by molar-refractivity contribution is -0.135. The van der Waals surface area contributed by atoms with Crippen LogP contribution in [0, 0.1) is 13.8 Å². The van der Waals surface area contributed by atoms with Crippen LogP contribution in [0.2, 0.25) is 0 Å². The van der Waals surface area contributed by atoms with Gasteiger partial charge in [-0.15, -0.1) is 0 Å². The Morgan fingerprint density at radius 2 is 2.23 bits per heavy atom. The van der Waals surface area contributed by atoms with Gasteiger partial charge in [-0.05, 0) is 38.8 Å². The molecule has 0 radical (unpaired) electrons. The van der Waals surface area contributed by atoms with Crippen molar-refractivity contribution < 1.29 is 9.53 Å². The van der Waals surface area contributed by atoms with Gasteiger partial charge in [-0.1, -0.05) is 6.07 Å². The Labute approximate surface area is 152 Å². The van der Waals surface area contributed by atoms with Gasteiger partial charge in [-0.3, -0.25) is 14.6 Å². The molecular weight excluding hydrogens is 332 g/mol. The number of likely N-dealkylation sites (tertiary alicyclic amines) is 1. The summed E-state index contributed by atoms with van der Waals surface area (Å²) >= 11 is 0. The molecule has 1 N–H and O–H groups in total. The summed E-state index contributed by atoms with van der Waals surface area (Å²) in [7, 11) is 0. The molecule has 1 fully saturated rings. The van der Waals surface area contributed by atoms with E-state index in [-0.39, 0.29) is 24.0 Å². The van der Waals surface area contributed by atoms with Crippen LogP contribution in [0.15, 0.2) is 29.2 Å². The van der Waals surface area contributed by atoms with Crippen LogP contribution in [0.1, 0.15) is 35.6 Å². The molecule has 0 saturated carbocycles. The van der Waals surface area contributed by atoms with E-state index in [0.29, 0.717) is 36.8 Å². The molecule has 0 bridgehead atoms. The number of pyridine rings is 1. The van der Waals surface area contributed by atoms with Crippen molar-refractivity contribution in [1.29, 1.82) is 0 Å². The summed E-state index contributed by atoms with van der Waals surface area (Å²) < 4.78 is 5.93. The second-order valence-electron chi connectivity index (χ2n) is 6.63. The highest BCUT2D eigenvalue weighted by Crippen LogP contribution is 2.16. The summed E-state index contributed by atoms with van der Waals surface area (Å²) in [6.07, 6.45) is 3.61. The second-order valence-corrected chi connectivity index (χ2v) is 6.63. The van der Waals surface area contributed by atoms with Gasteiger partial charge in [0.2, 0.25) is 5.91 Å². The van der Waals surface area contributed by atoms with E-state index in [9.17, 15) is 9.59 Å². The number of nitrogens with zero attached hydrogens (tertiary/aromatic N) is 3. The van der Waals surface area contributed by atoms with E-state index in [1.165, 1.54) is 0 Å². The van der Waals surface area contributed by atoms with Crippen molar-refractivity contribution in [2.75, 3.05) is 13.1 Å². The van der Waals surface area contributed by atoms with Gasteiger partial charge in [-0.25, -0.2) is 4.98 Å². The molecule has 1 atom stereocenters. The van der Waals surface area contributed by atoms with Gasteiger partial charge in [0.25, 0.3) is 5.56 Å². The standard InChI is InChI=1S/C19H24N4O3/c1-13-17(19(25)22-14(2)21-13)10-18(24)23-9-5-7-16(11-23)26-12-15-6-3-4-8-20-15/h3-4,6,8,16H,5,7,9-12H2,1-2H3,(H,21,22,25)/t16-/m0/s1. The zero-order valence-corrected chi connectivity index (χ0v) is 15.2. The van der Waals surface area contributed by atoms with Crippen LogP contribution in [-0.4, -0.2) is 45.0 Å². The molecule has 0 aliphatic carbocycles. The molecule has 1 saturated heterocycles. The molecule has 0 unspecified atom stereocenters. The maximum Gasteiger partial charge on any atom is 0.254 e. The Kier molecular flexibility index (Phi) is 5.78. The first-order chi connectivity index (χ1) is 12.5. The highest BCUT2D eigenvalue weighted by atomic mass is 16.5. The van der Waals surface area contributed by atoms with E-state index in [1.54, 1.807) is 24.9 Å². The number of rotatable bonds is 5. The van der Waals surface area contributed by atoms with E-state index in [0.717, 1.165) is 18.5 Å². The lowest BCUT2D eigenvalue weighted by atomic mass is 10.1. The second kappa shape index (κ2) is 8.23. The van der Waals surface area contributed by atoms with Crippen molar-refractivity contribution in [3.8, 4) is 0 Å². The maximum absolute atomic E-state index is 12.7. The van der Waals surface area contributed by atoms with E-state index >= 15 is 0 Å². The fourth-order valence-corrected chi connectivity index (χ4v) is 3.21. The monoisotopic (exact) mass is 356 g/mol. The van der Waals surface area contributed by atoms with Crippen LogP contribution in [0.4, 0.5) is 0 Å². The lowest BCUT2D eigenvalue weighted by Gasteiger charge is -2.32. The molecule has 138 valence electrons. The van der Waals surface area contributed by atoms with Gasteiger partial charge in [0.1, 0.15) is 5.82 Å². The normalized spacial score (nSPS) is 17.3. The smallest absolute Gasteiger partial charge is 0.254 e. The number of amides is 1. The number of nitrogens with one attached hydrogen (secondary N) is 1. The first-order valence-corrected chi connectivity index (χ1v) is 8.88. The minimum Gasteiger partial charge on any atom is -0.370 e. The first-order valence-electron chi connectivity index (χ1n) is 8.88. The van der Waals surface area contributed by atoms with Gasteiger partial charge >= 0.3 is 0 Å². The topological polar surface area (TPSA) is 88.2 Å². The van der Waals surface area contributed by atoms with Crippen molar-refractivity contribution in [2.24, 2.45) is 0 Å². The van der Waals surface area contributed by atoms with E-state index in [1.807, 2.05) is 18.2 Å². The average molecular weight is 356 g/mol.